The minimum absolute atomic E-state index is 0.00159. The number of halogens is 3. The molecule has 10 nitrogen and oxygen atoms in total. The van der Waals surface area contributed by atoms with Gasteiger partial charge < -0.3 is 21.8 Å². The molecular weight excluding hydrogens is 436 g/mol. The summed E-state index contributed by atoms with van der Waals surface area (Å²) in [5, 5.41) is 3.08. The first-order valence-electron chi connectivity index (χ1n) is 8.52. The number of imidazole rings is 1. The highest BCUT2D eigenvalue weighted by Crippen LogP contribution is 2.30. The van der Waals surface area contributed by atoms with Crippen molar-refractivity contribution in [1.29, 1.82) is 0 Å². The fraction of sp³-hybridized carbons (Fsp3) is 0.118. The number of hydrogen-bond donors (Lipinski definition) is 4. The van der Waals surface area contributed by atoms with Crippen LogP contribution in [0, 0.1) is 5.82 Å². The summed E-state index contributed by atoms with van der Waals surface area (Å²) in [6.07, 6.45) is 2.90. The van der Waals surface area contributed by atoms with Gasteiger partial charge in [-0.25, -0.2) is 18.9 Å². The Kier molecular flexibility index (Phi) is 4.92. The average Bonchev–Trinajstić information content (AvgIpc) is 3.20. The van der Waals surface area contributed by atoms with Gasteiger partial charge in [0.1, 0.15) is 22.5 Å². The van der Waals surface area contributed by atoms with Crippen LogP contribution in [0.1, 0.15) is 18.8 Å². The highest BCUT2D eigenvalue weighted by Gasteiger charge is 2.22. The monoisotopic (exact) mass is 449 g/mol. The van der Waals surface area contributed by atoms with Crippen LogP contribution in [0.4, 0.5) is 22.0 Å². The van der Waals surface area contributed by atoms with E-state index in [2.05, 4.69) is 30.2 Å². The van der Waals surface area contributed by atoms with Gasteiger partial charge in [0, 0.05) is 6.20 Å². The van der Waals surface area contributed by atoms with Gasteiger partial charge in [-0.15, -0.1) is 0 Å². The van der Waals surface area contributed by atoms with Gasteiger partial charge in [0.2, 0.25) is 5.95 Å². The molecule has 0 aliphatic heterocycles. The minimum atomic E-state index is -0.655. The van der Waals surface area contributed by atoms with Crippen LogP contribution in [0.15, 0.2) is 29.5 Å². The SMILES string of the molecule is CC(Nc1nc(N)nc(N)c1Cl)c1nc2c(Cl)cc(F)cc2c(=O)n1-c1c[nH]cn1. The first kappa shape index (κ1) is 19.9. The molecule has 0 bridgehead atoms. The summed E-state index contributed by atoms with van der Waals surface area (Å²) < 4.78 is 15.1. The van der Waals surface area contributed by atoms with E-state index < -0.39 is 17.4 Å². The van der Waals surface area contributed by atoms with Gasteiger partial charge in [-0.1, -0.05) is 23.2 Å². The predicted octanol–water partition coefficient (Wildman–Crippen LogP) is 2.68. The summed E-state index contributed by atoms with van der Waals surface area (Å²) >= 11 is 12.3. The molecule has 0 radical (unpaired) electrons. The van der Waals surface area contributed by atoms with Gasteiger partial charge in [0.25, 0.3) is 5.56 Å². The van der Waals surface area contributed by atoms with Crippen molar-refractivity contribution < 1.29 is 4.39 Å². The van der Waals surface area contributed by atoms with Gasteiger partial charge in [-0.2, -0.15) is 9.97 Å². The summed E-state index contributed by atoms with van der Waals surface area (Å²) in [6, 6.07) is 1.51. The van der Waals surface area contributed by atoms with Gasteiger partial charge in [-0.05, 0) is 19.1 Å². The van der Waals surface area contributed by atoms with Crippen molar-refractivity contribution in [3.8, 4) is 5.82 Å². The molecule has 1 unspecified atom stereocenters. The van der Waals surface area contributed by atoms with E-state index >= 15 is 0 Å². The fourth-order valence-corrected chi connectivity index (χ4v) is 3.35. The van der Waals surface area contributed by atoms with Gasteiger partial charge >= 0.3 is 0 Å². The molecule has 4 rings (SSSR count). The van der Waals surface area contributed by atoms with Crippen molar-refractivity contribution in [2.24, 2.45) is 0 Å². The molecule has 0 aliphatic rings. The van der Waals surface area contributed by atoms with Crippen molar-refractivity contribution >= 4 is 51.7 Å². The first-order valence-corrected chi connectivity index (χ1v) is 9.27. The molecule has 0 saturated carbocycles. The largest absolute Gasteiger partial charge is 0.382 e. The van der Waals surface area contributed by atoms with Crippen molar-refractivity contribution in [3.05, 3.63) is 56.7 Å². The number of aromatic nitrogens is 6. The Morgan fingerprint density at radius 3 is 2.70 bits per heavy atom. The van der Waals surface area contributed by atoms with Crippen LogP contribution < -0.4 is 22.3 Å². The molecule has 154 valence electrons. The Labute approximate surface area is 178 Å². The highest BCUT2D eigenvalue weighted by atomic mass is 35.5. The number of aromatic amines is 1. The molecule has 0 spiro atoms. The van der Waals surface area contributed by atoms with E-state index in [1.54, 1.807) is 6.92 Å². The number of nitrogens with one attached hydrogen (secondary N) is 2. The standard InChI is InChI=1S/C17H14Cl2FN9O/c1-6(25-14-11(19)13(21)27-17(22)28-14)15-26-12-8(2-7(20)3-9(12)18)16(30)29(15)10-4-23-5-24-10/h2-6H,1H3,(H,23,24)(H5,21,22,25,27,28). The maximum absolute atomic E-state index is 13.9. The molecule has 1 atom stereocenters. The van der Waals surface area contributed by atoms with Crippen LogP contribution in [0.5, 0.6) is 0 Å². The zero-order valence-electron chi connectivity index (χ0n) is 15.3. The van der Waals surface area contributed by atoms with Crippen LogP contribution in [-0.2, 0) is 0 Å². The second-order valence-corrected chi connectivity index (χ2v) is 7.10. The molecule has 30 heavy (non-hydrogen) atoms. The van der Waals surface area contributed by atoms with Gasteiger partial charge in [0.15, 0.2) is 11.6 Å². The molecule has 3 heterocycles. The molecule has 0 amide bonds. The lowest BCUT2D eigenvalue weighted by molar-refractivity contribution is 0.629. The number of hydrogen-bond acceptors (Lipinski definition) is 8. The second kappa shape index (κ2) is 7.43. The molecule has 3 aromatic heterocycles. The molecule has 4 aromatic rings. The lowest BCUT2D eigenvalue weighted by Crippen LogP contribution is -2.28. The number of benzene rings is 1. The molecule has 0 aliphatic carbocycles. The van der Waals surface area contributed by atoms with E-state index in [1.165, 1.54) is 17.1 Å². The zero-order chi connectivity index (χ0) is 21.6. The van der Waals surface area contributed by atoms with Crippen molar-refractivity contribution in [1.82, 2.24) is 29.5 Å². The number of anilines is 3. The number of fused-ring (bicyclic) bond motifs is 1. The van der Waals surface area contributed by atoms with E-state index in [-0.39, 0.29) is 50.2 Å². The van der Waals surface area contributed by atoms with E-state index in [0.717, 1.165) is 12.1 Å². The molecule has 1 aromatic carbocycles. The number of nitrogen functional groups attached to an aromatic ring is 2. The van der Waals surface area contributed by atoms with Crippen LogP contribution in [-0.4, -0.2) is 29.5 Å². The highest BCUT2D eigenvalue weighted by molar-refractivity contribution is 6.35. The molecule has 0 fully saturated rings. The van der Waals surface area contributed by atoms with Crippen LogP contribution in [0.2, 0.25) is 10.0 Å². The third-order valence-corrected chi connectivity index (χ3v) is 4.93. The zero-order valence-corrected chi connectivity index (χ0v) is 16.8. The van der Waals surface area contributed by atoms with Crippen molar-refractivity contribution in [2.45, 2.75) is 13.0 Å². The van der Waals surface area contributed by atoms with E-state index in [1.807, 2.05) is 0 Å². The molecule has 13 heteroatoms. The Hall–Kier alpha value is -3.44. The maximum Gasteiger partial charge on any atom is 0.267 e. The number of nitrogens with two attached hydrogens (primary N) is 2. The summed E-state index contributed by atoms with van der Waals surface area (Å²) in [5.41, 5.74) is 11.0. The maximum atomic E-state index is 13.9. The van der Waals surface area contributed by atoms with Crippen LogP contribution >= 0.6 is 23.2 Å². The summed E-state index contributed by atoms with van der Waals surface area (Å²) in [5.74, 6) is -0.110. The van der Waals surface area contributed by atoms with Crippen LogP contribution in [0.3, 0.4) is 0 Å². The lowest BCUT2D eigenvalue weighted by atomic mass is 10.2. The quantitative estimate of drug-likeness (QED) is 0.370. The third-order valence-electron chi connectivity index (χ3n) is 4.26. The normalized spacial score (nSPS) is 12.3. The van der Waals surface area contributed by atoms with Crippen molar-refractivity contribution in [2.75, 3.05) is 16.8 Å². The first-order chi connectivity index (χ1) is 14.3. The minimum Gasteiger partial charge on any atom is -0.382 e. The van der Waals surface area contributed by atoms with Crippen LogP contribution in [0.25, 0.3) is 16.7 Å². The summed E-state index contributed by atoms with van der Waals surface area (Å²) in [7, 11) is 0. The Morgan fingerprint density at radius 1 is 1.23 bits per heavy atom. The second-order valence-electron chi connectivity index (χ2n) is 6.32. The Balaban J connectivity index is 1.93. The predicted molar refractivity (Wildman–Crippen MR) is 112 cm³/mol. The number of nitrogens with zero attached hydrogens (tertiary/aromatic N) is 5. The summed E-state index contributed by atoms with van der Waals surface area (Å²) in [4.78, 5) is 32.4. The molecular formula is C17H14Cl2FN9O. The Morgan fingerprint density at radius 2 is 2.00 bits per heavy atom. The van der Waals surface area contributed by atoms with E-state index in [4.69, 9.17) is 34.7 Å². The Bertz CT molecular complexity index is 1320. The van der Waals surface area contributed by atoms with E-state index in [0.29, 0.717) is 0 Å². The van der Waals surface area contributed by atoms with Gasteiger partial charge in [0.05, 0.1) is 28.3 Å². The van der Waals surface area contributed by atoms with Gasteiger partial charge in [-0.3, -0.25) is 4.79 Å². The molecule has 0 saturated heterocycles. The van der Waals surface area contributed by atoms with E-state index in [9.17, 15) is 9.18 Å². The topological polar surface area (TPSA) is 153 Å². The third kappa shape index (κ3) is 3.37. The molecule has 6 N–H and O–H groups in total. The van der Waals surface area contributed by atoms with Crippen molar-refractivity contribution in [3.63, 3.8) is 0 Å². The number of rotatable bonds is 4. The lowest BCUT2D eigenvalue weighted by Gasteiger charge is -2.20. The number of H-pyrrole nitrogens is 1. The fourth-order valence-electron chi connectivity index (χ4n) is 2.97. The summed E-state index contributed by atoms with van der Waals surface area (Å²) in [6.45, 7) is 1.71. The smallest absolute Gasteiger partial charge is 0.267 e. The average molecular weight is 450 g/mol.